The van der Waals surface area contributed by atoms with Gasteiger partial charge in [-0.15, -0.1) is 0 Å². The number of aliphatic imine (C=N–C) groups is 1. The van der Waals surface area contributed by atoms with Gasteiger partial charge in [0.15, 0.2) is 5.96 Å². The van der Waals surface area contributed by atoms with E-state index >= 15 is 0 Å². The highest BCUT2D eigenvalue weighted by molar-refractivity contribution is 7.89. The molecule has 1 aromatic carbocycles. The zero-order valence-corrected chi connectivity index (χ0v) is 18.0. The number of benzene rings is 1. The lowest BCUT2D eigenvalue weighted by molar-refractivity contribution is 0.192. The number of sulfonamides is 1. The van der Waals surface area contributed by atoms with Crippen LogP contribution in [-0.4, -0.2) is 65.1 Å². The molecule has 0 bridgehead atoms. The Morgan fingerprint density at radius 3 is 2.54 bits per heavy atom. The molecule has 0 saturated carbocycles. The number of hydrogen-bond acceptors (Lipinski definition) is 4. The quantitative estimate of drug-likeness (QED) is 0.311. The van der Waals surface area contributed by atoms with Crippen LogP contribution in [0.15, 0.2) is 40.2 Å². The molecule has 1 aliphatic rings. The summed E-state index contributed by atoms with van der Waals surface area (Å²) >= 11 is 0. The first-order valence-electron chi connectivity index (χ1n) is 10.3. The van der Waals surface area contributed by atoms with Crippen LogP contribution in [0.3, 0.4) is 0 Å². The first-order chi connectivity index (χ1) is 13.5. The van der Waals surface area contributed by atoms with Crippen molar-refractivity contribution in [1.29, 1.82) is 0 Å². The standard InChI is InChI=1S/C20H35N5O2S/c1-3-21-20(22-12-7-15-25-16-10-18(2)11-17-25)23-13-14-24-28(26,27)19-8-5-4-6-9-19/h4-6,8-9,18,24H,3,7,10-17H2,1-2H3,(H2,21,22,23). The Balaban J connectivity index is 1.68. The second kappa shape index (κ2) is 12.0. The number of nitrogens with zero attached hydrogens (tertiary/aromatic N) is 2. The van der Waals surface area contributed by atoms with Gasteiger partial charge >= 0.3 is 0 Å². The maximum Gasteiger partial charge on any atom is 0.240 e. The highest BCUT2D eigenvalue weighted by atomic mass is 32.2. The molecular weight excluding hydrogens is 374 g/mol. The second-order valence-electron chi connectivity index (χ2n) is 7.28. The lowest BCUT2D eigenvalue weighted by atomic mass is 9.99. The maximum absolute atomic E-state index is 12.2. The predicted molar refractivity (Wildman–Crippen MR) is 115 cm³/mol. The van der Waals surface area contributed by atoms with E-state index in [1.807, 2.05) is 6.92 Å². The van der Waals surface area contributed by atoms with Gasteiger partial charge in [-0.25, -0.2) is 13.1 Å². The van der Waals surface area contributed by atoms with E-state index in [2.05, 4.69) is 32.2 Å². The fourth-order valence-corrected chi connectivity index (χ4v) is 4.21. The smallest absolute Gasteiger partial charge is 0.240 e. The van der Waals surface area contributed by atoms with E-state index < -0.39 is 10.0 Å². The first kappa shape index (κ1) is 22.6. The molecular formula is C20H35N5O2S. The van der Waals surface area contributed by atoms with Gasteiger partial charge < -0.3 is 15.5 Å². The van der Waals surface area contributed by atoms with Crippen molar-refractivity contribution in [3.63, 3.8) is 0 Å². The normalized spacial score (nSPS) is 16.9. The molecule has 0 unspecified atom stereocenters. The van der Waals surface area contributed by atoms with Crippen molar-refractivity contribution in [2.45, 2.75) is 38.0 Å². The minimum atomic E-state index is -3.46. The van der Waals surface area contributed by atoms with E-state index in [-0.39, 0.29) is 4.90 Å². The molecule has 0 atom stereocenters. The Bertz CT molecular complexity index is 686. The molecule has 2 rings (SSSR count). The van der Waals surface area contributed by atoms with Crippen LogP contribution in [-0.2, 0) is 10.0 Å². The largest absolute Gasteiger partial charge is 0.357 e. The third-order valence-electron chi connectivity index (χ3n) is 4.89. The highest BCUT2D eigenvalue weighted by Gasteiger charge is 2.15. The molecule has 0 amide bonds. The molecule has 1 fully saturated rings. The molecule has 1 heterocycles. The first-order valence-corrected chi connectivity index (χ1v) is 11.8. The Kier molecular flexibility index (Phi) is 9.73. The molecule has 7 nitrogen and oxygen atoms in total. The van der Waals surface area contributed by atoms with Crippen LogP contribution in [0, 0.1) is 5.92 Å². The molecule has 0 radical (unpaired) electrons. The number of likely N-dealkylation sites (tertiary alicyclic amines) is 1. The Hall–Kier alpha value is -1.64. The van der Waals surface area contributed by atoms with Gasteiger partial charge in [-0.1, -0.05) is 25.1 Å². The molecule has 158 valence electrons. The van der Waals surface area contributed by atoms with Crippen molar-refractivity contribution < 1.29 is 8.42 Å². The summed E-state index contributed by atoms with van der Waals surface area (Å²) in [4.78, 5) is 7.40. The molecule has 28 heavy (non-hydrogen) atoms. The van der Waals surface area contributed by atoms with Crippen molar-refractivity contribution in [2.24, 2.45) is 10.9 Å². The van der Waals surface area contributed by atoms with E-state index in [0.29, 0.717) is 13.1 Å². The zero-order chi connectivity index (χ0) is 20.2. The van der Waals surface area contributed by atoms with E-state index in [9.17, 15) is 8.42 Å². The second-order valence-corrected chi connectivity index (χ2v) is 9.04. The molecule has 1 aliphatic heterocycles. The average Bonchev–Trinajstić information content (AvgIpc) is 2.70. The third-order valence-corrected chi connectivity index (χ3v) is 6.36. The molecule has 0 aliphatic carbocycles. The number of nitrogens with one attached hydrogen (secondary N) is 3. The van der Waals surface area contributed by atoms with Crippen LogP contribution in [0.25, 0.3) is 0 Å². The maximum atomic E-state index is 12.2. The van der Waals surface area contributed by atoms with Crippen molar-refractivity contribution in [2.75, 3.05) is 45.8 Å². The van der Waals surface area contributed by atoms with Crippen LogP contribution in [0.5, 0.6) is 0 Å². The Labute approximate surface area is 170 Å². The van der Waals surface area contributed by atoms with Crippen molar-refractivity contribution in [3.05, 3.63) is 30.3 Å². The third kappa shape index (κ3) is 8.16. The number of guanidine groups is 1. The van der Waals surface area contributed by atoms with E-state index in [4.69, 9.17) is 0 Å². The monoisotopic (exact) mass is 409 g/mol. The Morgan fingerprint density at radius 1 is 1.14 bits per heavy atom. The van der Waals surface area contributed by atoms with Gasteiger partial charge in [0.25, 0.3) is 0 Å². The molecule has 8 heteroatoms. The fraction of sp³-hybridized carbons (Fsp3) is 0.650. The van der Waals surface area contributed by atoms with Gasteiger partial charge in [0.1, 0.15) is 0 Å². The summed E-state index contributed by atoms with van der Waals surface area (Å²) in [6, 6.07) is 8.40. The highest BCUT2D eigenvalue weighted by Crippen LogP contribution is 2.15. The van der Waals surface area contributed by atoms with Gasteiger partial charge in [0.05, 0.1) is 4.90 Å². The number of piperidine rings is 1. The minimum absolute atomic E-state index is 0.280. The molecule has 1 saturated heterocycles. The van der Waals surface area contributed by atoms with Crippen LogP contribution >= 0.6 is 0 Å². The van der Waals surface area contributed by atoms with Gasteiger partial charge in [-0.2, -0.15) is 0 Å². The van der Waals surface area contributed by atoms with Crippen molar-refractivity contribution in [1.82, 2.24) is 20.3 Å². The minimum Gasteiger partial charge on any atom is -0.357 e. The van der Waals surface area contributed by atoms with Crippen LogP contribution in [0.1, 0.15) is 33.1 Å². The summed E-state index contributed by atoms with van der Waals surface area (Å²) in [6.45, 7) is 10.1. The predicted octanol–water partition coefficient (Wildman–Crippen LogP) is 1.64. The zero-order valence-electron chi connectivity index (χ0n) is 17.2. The lowest BCUT2D eigenvalue weighted by Gasteiger charge is -2.29. The topological polar surface area (TPSA) is 85.8 Å². The van der Waals surface area contributed by atoms with Crippen LogP contribution in [0.4, 0.5) is 0 Å². The number of hydrogen-bond donors (Lipinski definition) is 3. The van der Waals surface area contributed by atoms with Gasteiger partial charge in [0.2, 0.25) is 10.0 Å². The molecule has 0 aromatic heterocycles. The summed E-state index contributed by atoms with van der Waals surface area (Å²) in [7, 11) is -3.46. The summed E-state index contributed by atoms with van der Waals surface area (Å²) < 4.78 is 27.0. The summed E-state index contributed by atoms with van der Waals surface area (Å²) in [6.07, 6.45) is 3.63. The van der Waals surface area contributed by atoms with Crippen molar-refractivity contribution in [3.8, 4) is 0 Å². The molecule has 0 spiro atoms. The van der Waals surface area contributed by atoms with E-state index in [0.717, 1.165) is 37.9 Å². The van der Waals surface area contributed by atoms with Gasteiger partial charge in [-0.05, 0) is 63.9 Å². The van der Waals surface area contributed by atoms with Crippen LogP contribution in [0.2, 0.25) is 0 Å². The summed E-state index contributed by atoms with van der Waals surface area (Å²) in [5.74, 6) is 1.59. The van der Waals surface area contributed by atoms with Crippen molar-refractivity contribution >= 4 is 16.0 Å². The number of rotatable bonds is 10. The van der Waals surface area contributed by atoms with Crippen LogP contribution < -0.4 is 15.4 Å². The van der Waals surface area contributed by atoms with Gasteiger partial charge in [0, 0.05) is 26.2 Å². The van der Waals surface area contributed by atoms with E-state index in [1.54, 1.807) is 30.3 Å². The fourth-order valence-electron chi connectivity index (χ4n) is 3.16. The summed E-state index contributed by atoms with van der Waals surface area (Å²) in [5.41, 5.74) is 0. The van der Waals surface area contributed by atoms with E-state index in [1.165, 1.54) is 25.9 Å². The molecule has 3 N–H and O–H groups in total. The lowest BCUT2D eigenvalue weighted by Crippen LogP contribution is -2.41. The van der Waals surface area contributed by atoms with Gasteiger partial charge in [-0.3, -0.25) is 4.99 Å². The SMILES string of the molecule is CCNC(=NCCCN1CCC(C)CC1)NCCNS(=O)(=O)c1ccccc1. The average molecular weight is 410 g/mol. The molecule has 1 aromatic rings. The summed E-state index contributed by atoms with van der Waals surface area (Å²) in [5, 5.41) is 6.39. The Morgan fingerprint density at radius 2 is 1.86 bits per heavy atom.